The van der Waals surface area contributed by atoms with Gasteiger partial charge in [0, 0.05) is 18.2 Å². The van der Waals surface area contributed by atoms with Gasteiger partial charge in [-0.15, -0.1) is 5.10 Å². The summed E-state index contributed by atoms with van der Waals surface area (Å²) in [7, 11) is 0. The van der Waals surface area contributed by atoms with Crippen molar-refractivity contribution in [3.8, 4) is 11.4 Å². The highest BCUT2D eigenvalue weighted by Crippen LogP contribution is 2.36. The molecule has 0 unspecified atom stereocenters. The average molecular weight is 383 g/mol. The molecule has 1 aromatic heterocycles. The van der Waals surface area contributed by atoms with Crippen molar-refractivity contribution in [2.75, 3.05) is 6.54 Å². The number of nitrogens with one attached hydrogen (secondary N) is 1. The molecule has 4 rings (SSSR count). The van der Waals surface area contributed by atoms with Crippen LogP contribution in [0.25, 0.3) is 11.4 Å². The summed E-state index contributed by atoms with van der Waals surface area (Å²) in [6.45, 7) is 0.592. The monoisotopic (exact) mass is 382 g/mol. The van der Waals surface area contributed by atoms with E-state index in [0.29, 0.717) is 29.5 Å². The van der Waals surface area contributed by atoms with Crippen molar-refractivity contribution < 1.29 is 4.79 Å². The Morgan fingerprint density at radius 3 is 2.52 bits per heavy atom. The summed E-state index contributed by atoms with van der Waals surface area (Å²) in [4.78, 5) is 25.0. The Balaban J connectivity index is 1.51. The summed E-state index contributed by atoms with van der Waals surface area (Å²) in [5.74, 6) is 0.416. The first kappa shape index (κ1) is 17.5. The fourth-order valence-electron chi connectivity index (χ4n) is 3.03. The third kappa shape index (κ3) is 3.66. The summed E-state index contributed by atoms with van der Waals surface area (Å²) >= 11 is 6.04. The SMILES string of the molecule is O=C(NCCn1nc(-c2ccccc2)n(C2CC2)c1=O)c1ccccc1Cl. The lowest BCUT2D eigenvalue weighted by Crippen LogP contribution is -2.32. The zero-order valence-electron chi connectivity index (χ0n) is 14.6. The highest BCUT2D eigenvalue weighted by molar-refractivity contribution is 6.33. The van der Waals surface area contributed by atoms with Gasteiger partial charge in [-0.05, 0) is 25.0 Å². The van der Waals surface area contributed by atoms with Crippen LogP contribution in [0.15, 0.2) is 59.4 Å². The third-order valence-corrected chi connectivity index (χ3v) is 4.87. The van der Waals surface area contributed by atoms with Gasteiger partial charge in [-0.2, -0.15) is 0 Å². The fraction of sp³-hybridized carbons (Fsp3) is 0.250. The van der Waals surface area contributed by atoms with Crippen LogP contribution in [0.4, 0.5) is 0 Å². The van der Waals surface area contributed by atoms with Crippen LogP contribution < -0.4 is 11.0 Å². The molecule has 0 atom stereocenters. The third-order valence-electron chi connectivity index (χ3n) is 4.54. The highest BCUT2D eigenvalue weighted by Gasteiger charge is 2.30. The molecule has 27 heavy (non-hydrogen) atoms. The summed E-state index contributed by atoms with van der Waals surface area (Å²) in [6.07, 6.45) is 1.99. The van der Waals surface area contributed by atoms with Gasteiger partial charge in [-0.3, -0.25) is 9.36 Å². The zero-order valence-corrected chi connectivity index (χ0v) is 15.4. The smallest absolute Gasteiger partial charge is 0.346 e. The molecular formula is C20H19ClN4O2. The van der Waals surface area contributed by atoms with Crippen LogP contribution in [0.1, 0.15) is 29.2 Å². The molecule has 138 valence electrons. The van der Waals surface area contributed by atoms with Crippen LogP contribution in [0.3, 0.4) is 0 Å². The molecule has 1 aliphatic rings. The minimum Gasteiger partial charge on any atom is -0.350 e. The number of halogens is 1. The van der Waals surface area contributed by atoms with Gasteiger partial charge < -0.3 is 5.32 Å². The maximum atomic E-state index is 12.8. The fourth-order valence-corrected chi connectivity index (χ4v) is 3.25. The first-order valence-corrected chi connectivity index (χ1v) is 9.30. The van der Waals surface area contributed by atoms with Crippen molar-refractivity contribution in [2.45, 2.75) is 25.4 Å². The maximum Gasteiger partial charge on any atom is 0.346 e. The molecule has 0 spiro atoms. The summed E-state index contributed by atoms with van der Waals surface area (Å²) in [5.41, 5.74) is 1.20. The van der Waals surface area contributed by atoms with Crippen LogP contribution in [-0.2, 0) is 6.54 Å². The molecule has 3 aromatic rings. The van der Waals surface area contributed by atoms with E-state index in [2.05, 4.69) is 10.4 Å². The summed E-state index contributed by atoms with van der Waals surface area (Å²) in [5, 5.41) is 7.71. The number of aromatic nitrogens is 3. The molecule has 6 nitrogen and oxygen atoms in total. The van der Waals surface area contributed by atoms with Crippen molar-refractivity contribution in [2.24, 2.45) is 0 Å². The van der Waals surface area contributed by atoms with Gasteiger partial charge in [-0.1, -0.05) is 54.1 Å². The molecule has 0 saturated heterocycles. The van der Waals surface area contributed by atoms with E-state index in [0.717, 1.165) is 18.4 Å². The standard InChI is InChI=1S/C20H19ClN4O2/c21-17-9-5-4-8-16(17)19(26)22-12-13-24-20(27)25(15-10-11-15)18(23-24)14-6-2-1-3-7-14/h1-9,15H,10-13H2,(H,22,26). The molecule has 7 heteroatoms. The van der Waals surface area contributed by atoms with Crippen molar-refractivity contribution in [1.29, 1.82) is 0 Å². The molecule has 0 bridgehead atoms. The molecule has 1 fully saturated rings. The number of rotatable bonds is 6. The number of hydrogen-bond donors (Lipinski definition) is 1. The molecule has 0 aliphatic heterocycles. The minimum absolute atomic E-state index is 0.136. The van der Waals surface area contributed by atoms with E-state index < -0.39 is 0 Å². The zero-order chi connectivity index (χ0) is 18.8. The highest BCUT2D eigenvalue weighted by atomic mass is 35.5. The number of carbonyl (C=O) groups excluding carboxylic acids is 1. The van der Waals surface area contributed by atoms with E-state index in [9.17, 15) is 9.59 Å². The molecule has 2 aromatic carbocycles. The van der Waals surface area contributed by atoms with Crippen molar-refractivity contribution in [1.82, 2.24) is 19.7 Å². The van der Waals surface area contributed by atoms with Gasteiger partial charge in [0.1, 0.15) is 0 Å². The average Bonchev–Trinajstić information content (AvgIpc) is 3.47. The lowest BCUT2D eigenvalue weighted by Gasteiger charge is -2.06. The van der Waals surface area contributed by atoms with Gasteiger partial charge in [0.25, 0.3) is 5.91 Å². The van der Waals surface area contributed by atoms with Gasteiger partial charge in [-0.25, -0.2) is 9.48 Å². The molecule has 1 saturated carbocycles. The van der Waals surface area contributed by atoms with Crippen molar-refractivity contribution >= 4 is 17.5 Å². The molecule has 1 N–H and O–H groups in total. The first-order chi connectivity index (χ1) is 13.1. The number of amides is 1. The van der Waals surface area contributed by atoms with Crippen LogP contribution in [0, 0.1) is 0 Å². The van der Waals surface area contributed by atoms with Crippen molar-refractivity contribution in [3.05, 3.63) is 75.7 Å². The van der Waals surface area contributed by atoms with E-state index in [4.69, 9.17) is 11.6 Å². The lowest BCUT2D eigenvalue weighted by molar-refractivity contribution is 0.0952. The topological polar surface area (TPSA) is 68.9 Å². The Labute approximate surface area is 161 Å². The molecule has 1 aliphatic carbocycles. The van der Waals surface area contributed by atoms with E-state index in [1.165, 1.54) is 4.68 Å². The van der Waals surface area contributed by atoms with E-state index in [1.807, 2.05) is 30.3 Å². The predicted octanol–water partition coefficient (Wildman–Crippen LogP) is 3.13. The molecule has 1 amide bonds. The Kier molecular flexibility index (Phi) is 4.81. The molecule has 1 heterocycles. The maximum absolute atomic E-state index is 12.8. The molecular weight excluding hydrogens is 364 g/mol. The number of benzene rings is 2. The minimum atomic E-state index is -0.265. The largest absolute Gasteiger partial charge is 0.350 e. The number of hydrogen-bond acceptors (Lipinski definition) is 3. The quantitative estimate of drug-likeness (QED) is 0.712. The Morgan fingerprint density at radius 2 is 1.81 bits per heavy atom. The van der Waals surface area contributed by atoms with Gasteiger partial charge in [0.05, 0.1) is 17.1 Å². The predicted molar refractivity (Wildman–Crippen MR) is 104 cm³/mol. The lowest BCUT2D eigenvalue weighted by atomic mass is 10.2. The van der Waals surface area contributed by atoms with Gasteiger partial charge in [0.15, 0.2) is 5.82 Å². The van der Waals surface area contributed by atoms with Crippen LogP contribution in [0.5, 0.6) is 0 Å². The van der Waals surface area contributed by atoms with Gasteiger partial charge in [0.2, 0.25) is 0 Å². The van der Waals surface area contributed by atoms with Crippen LogP contribution in [0.2, 0.25) is 5.02 Å². The summed E-state index contributed by atoms with van der Waals surface area (Å²) in [6, 6.07) is 16.8. The van der Waals surface area contributed by atoms with E-state index in [-0.39, 0.29) is 17.6 Å². The second-order valence-electron chi connectivity index (χ2n) is 6.53. The normalized spacial score (nSPS) is 13.5. The van der Waals surface area contributed by atoms with E-state index >= 15 is 0 Å². The van der Waals surface area contributed by atoms with Gasteiger partial charge >= 0.3 is 5.69 Å². The Bertz CT molecular complexity index is 1020. The Morgan fingerprint density at radius 1 is 1.11 bits per heavy atom. The summed E-state index contributed by atoms with van der Waals surface area (Å²) < 4.78 is 3.19. The number of nitrogens with zero attached hydrogens (tertiary/aromatic N) is 3. The van der Waals surface area contributed by atoms with Crippen LogP contribution in [-0.4, -0.2) is 26.8 Å². The van der Waals surface area contributed by atoms with Crippen molar-refractivity contribution in [3.63, 3.8) is 0 Å². The molecule has 0 radical (unpaired) electrons. The van der Waals surface area contributed by atoms with Crippen LogP contribution >= 0.6 is 11.6 Å². The second-order valence-corrected chi connectivity index (χ2v) is 6.94. The van der Waals surface area contributed by atoms with E-state index in [1.54, 1.807) is 28.8 Å². The first-order valence-electron chi connectivity index (χ1n) is 8.92. The Hall–Kier alpha value is -2.86. The number of carbonyl (C=O) groups is 1. The second kappa shape index (κ2) is 7.40.